The summed E-state index contributed by atoms with van der Waals surface area (Å²) in [7, 11) is 0. The molecule has 24 heavy (non-hydrogen) atoms. The van der Waals surface area contributed by atoms with Crippen LogP contribution in [-0.2, 0) is 4.79 Å². The van der Waals surface area contributed by atoms with E-state index in [1.807, 2.05) is 13.0 Å². The zero-order valence-corrected chi connectivity index (χ0v) is 13.6. The lowest BCUT2D eigenvalue weighted by atomic mass is 10.0. The van der Waals surface area contributed by atoms with Crippen molar-refractivity contribution in [2.75, 3.05) is 5.32 Å². The van der Waals surface area contributed by atoms with Gasteiger partial charge in [-0.05, 0) is 55.0 Å². The first-order valence-corrected chi connectivity index (χ1v) is 8.17. The third kappa shape index (κ3) is 3.90. The van der Waals surface area contributed by atoms with Crippen molar-refractivity contribution >= 4 is 11.6 Å². The van der Waals surface area contributed by atoms with Crippen LogP contribution >= 0.6 is 0 Å². The van der Waals surface area contributed by atoms with E-state index < -0.39 is 0 Å². The molecule has 5 heteroatoms. The molecule has 0 unspecified atom stereocenters. The summed E-state index contributed by atoms with van der Waals surface area (Å²) in [5, 5.41) is 12.0. The minimum absolute atomic E-state index is 0.0193. The fraction of sp³-hybridized carbons (Fsp3) is 0.316. The molecule has 2 aromatic rings. The minimum atomic E-state index is -0.0193. The van der Waals surface area contributed by atoms with Crippen LogP contribution < -0.4 is 10.1 Å². The molecule has 0 bridgehead atoms. The molecule has 1 saturated carbocycles. The van der Waals surface area contributed by atoms with E-state index in [0.29, 0.717) is 35.2 Å². The molecule has 0 aliphatic heterocycles. The highest BCUT2D eigenvalue weighted by atomic mass is 16.5. The summed E-state index contributed by atoms with van der Waals surface area (Å²) >= 11 is 0. The number of hydrogen-bond donors (Lipinski definition) is 1. The van der Waals surface area contributed by atoms with Crippen molar-refractivity contribution in [3.63, 3.8) is 0 Å². The van der Waals surface area contributed by atoms with Crippen LogP contribution in [0.5, 0.6) is 11.6 Å². The fourth-order valence-electron chi connectivity index (χ4n) is 2.52. The number of nitrogens with zero attached hydrogens (tertiary/aromatic N) is 2. The average molecular weight is 321 g/mol. The monoisotopic (exact) mass is 321 g/mol. The van der Waals surface area contributed by atoms with Gasteiger partial charge in [0.2, 0.25) is 11.8 Å². The Hall–Kier alpha value is -2.87. The molecular formula is C19H19N3O2. The second-order valence-corrected chi connectivity index (χ2v) is 5.92. The lowest BCUT2D eigenvalue weighted by Crippen LogP contribution is -2.10. The van der Waals surface area contributed by atoms with Gasteiger partial charge in [0, 0.05) is 12.5 Å². The number of hydrogen-bond acceptors (Lipinski definition) is 4. The lowest BCUT2D eigenvalue weighted by molar-refractivity contribution is -0.116. The number of amides is 1. The van der Waals surface area contributed by atoms with Crippen molar-refractivity contribution in [2.45, 2.75) is 38.5 Å². The number of benzene rings is 1. The number of pyridine rings is 1. The van der Waals surface area contributed by atoms with E-state index in [9.17, 15) is 10.1 Å². The SMILES string of the molecule is CCCC(=O)Nc1ccc(Oc2ccc(C#N)c(C3CC3)c2)nc1. The number of rotatable bonds is 6. The standard InChI is InChI=1S/C19H19N3O2/c1-2-3-18(23)22-15-7-9-19(21-12-15)24-16-8-6-14(11-20)17(10-16)13-4-5-13/h6-10,12-13H,2-5H2,1H3,(H,22,23). The summed E-state index contributed by atoms with van der Waals surface area (Å²) in [6, 6.07) is 11.2. The second-order valence-electron chi connectivity index (χ2n) is 5.92. The number of carbonyl (C=O) groups excluding carboxylic acids is 1. The maximum Gasteiger partial charge on any atom is 0.224 e. The van der Waals surface area contributed by atoms with Crippen LogP contribution in [0.25, 0.3) is 0 Å². The summed E-state index contributed by atoms with van der Waals surface area (Å²) in [5.74, 6) is 1.59. The number of anilines is 1. The molecule has 1 N–H and O–H groups in total. The average Bonchev–Trinajstić information content (AvgIpc) is 3.42. The Bertz CT molecular complexity index is 774. The molecule has 3 rings (SSSR count). The van der Waals surface area contributed by atoms with E-state index in [1.165, 1.54) is 0 Å². The zero-order chi connectivity index (χ0) is 16.9. The van der Waals surface area contributed by atoms with Gasteiger partial charge in [-0.25, -0.2) is 4.98 Å². The second kappa shape index (κ2) is 7.14. The number of ether oxygens (including phenoxy) is 1. The molecule has 1 fully saturated rings. The van der Waals surface area contributed by atoms with Crippen LogP contribution in [0, 0.1) is 11.3 Å². The highest BCUT2D eigenvalue weighted by molar-refractivity contribution is 5.90. The third-order valence-electron chi connectivity index (χ3n) is 3.88. The molecule has 0 spiro atoms. The largest absolute Gasteiger partial charge is 0.439 e. The minimum Gasteiger partial charge on any atom is -0.439 e. The van der Waals surface area contributed by atoms with E-state index in [2.05, 4.69) is 16.4 Å². The highest BCUT2D eigenvalue weighted by Gasteiger charge is 2.26. The maximum absolute atomic E-state index is 11.6. The Labute approximate surface area is 141 Å². The first-order valence-electron chi connectivity index (χ1n) is 8.17. The Morgan fingerprint density at radius 1 is 1.38 bits per heavy atom. The van der Waals surface area contributed by atoms with Crippen molar-refractivity contribution in [3.8, 4) is 17.7 Å². The summed E-state index contributed by atoms with van der Waals surface area (Å²) < 4.78 is 5.77. The van der Waals surface area contributed by atoms with Gasteiger partial charge in [0.25, 0.3) is 0 Å². The van der Waals surface area contributed by atoms with Gasteiger partial charge in [0.1, 0.15) is 5.75 Å². The van der Waals surface area contributed by atoms with Crippen LogP contribution in [0.2, 0.25) is 0 Å². The Morgan fingerprint density at radius 3 is 2.83 bits per heavy atom. The third-order valence-corrected chi connectivity index (χ3v) is 3.88. The number of carbonyl (C=O) groups is 1. The molecule has 1 aromatic carbocycles. The van der Waals surface area contributed by atoms with Crippen molar-refractivity contribution in [1.29, 1.82) is 5.26 Å². The fourth-order valence-corrected chi connectivity index (χ4v) is 2.52. The summed E-state index contributed by atoms with van der Waals surface area (Å²) in [5.41, 5.74) is 2.42. The van der Waals surface area contributed by atoms with Gasteiger partial charge in [-0.1, -0.05) is 6.92 Å². The first-order chi connectivity index (χ1) is 11.7. The quantitative estimate of drug-likeness (QED) is 0.857. The summed E-state index contributed by atoms with van der Waals surface area (Å²) in [6.07, 6.45) is 5.13. The number of nitriles is 1. The Kier molecular flexibility index (Phi) is 4.76. The van der Waals surface area contributed by atoms with Gasteiger partial charge < -0.3 is 10.1 Å². The van der Waals surface area contributed by atoms with Gasteiger partial charge in [-0.15, -0.1) is 0 Å². The maximum atomic E-state index is 11.6. The molecule has 0 radical (unpaired) electrons. The van der Waals surface area contributed by atoms with Gasteiger partial charge >= 0.3 is 0 Å². The molecule has 5 nitrogen and oxygen atoms in total. The van der Waals surface area contributed by atoms with E-state index in [-0.39, 0.29) is 5.91 Å². The summed E-state index contributed by atoms with van der Waals surface area (Å²) in [6.45, 7) is 1.96. The summed E-state index contributed by atoms with van der Waals surface area (Å²) in [4.78, 5) is 15.8. The predicted octanol–water partition coefficient (Wildman–Crippen LogP) is 4.36. The Balaban J connectivity index is 1.69. The molecule has 0 atom stereocenters. The van der Waals surface area contributed by atoms with Gasteiger partial charge in [-0.2, -0.15) is 5.26 Å². The van der Waals surface area contributed by atoms with Crippen LogP contribution in [0.4, 0.5) is 5.69 Å². The predicted molar refractivity (Wildman–Crippen MR) is 91.0 cm³/mol. The number of nitrogens with one attached hydrogen (secondary N) is 1. The van der Waals surface area contributed by atoms with Crippen molar-refractivity contribution < 1.29 is 9.53 Å². The van der Waals surface area contributed by atoms with Crippen molar-refractivity contribution in [3.05, 3.63) is 47.7 Å². The van der Waals surface area contributed by atoms with E-state index in [4.69, 9.17) is 4.74 Å². The van der Waals surface area contributed by atoms with Crippen LogP contribution in [0.3, 0.4) is 0 Å². The molecule has 122 valence electrons. The van der Waals surface area contributed by atoms with Crippen LogP contribution in [0.15, 0.2) is 36.5 Å². The zero-order valence-electron chi connectivity index (χ0n) is 13.6. The van der Waals surface area contributed by atoms with Crippen LogP contribution in [0.1, 0.15) is 49.7 Å². The van der Waals surface area contributed by atoms with Crippen LogP contribution in [-0.4, -0.2) is 10.9 Å². The smallest absolute Gasteiger partial charge is 0.224 e. The lowest BCUT2D eigenvalue weighted by Gasteiger charge is -2.09. The Morgan fingerprint density at radius 2 is 2.21 bits per heavy atom. The molecule has 1 aromatic heterocycles. The molecule has 1 amide bonds. The number of aromatic nitrogens is 1. The van der Waals surface area contributed by atoms with Crippen molar-refractivity contribution in [2.24, 2.45) is 0 Å². The van der Waals surface area contributed by atoms with E-state index in [0.717, 1.165) is 24.8 Å². The van der Waals surface area contributed by atoms with E-state index >= 15 is 0 Å². The molecule has 1 aliphatic rings. The first kappa shape index (κ1) is 16.0. The highest BCUT2D eigenvalue weighted by Crippen LogP contribution is 2.43. The molecular weight excluding hydrogens is 302 g/mol. The normalized spacial score (nSPS) is 13.2. The molecule has 1 aliphatic carbocycles. The molecule has 0 saturated heterocycles. The van der Waals surface area contributed by atoms with Gasteiger partial charge in [0.15, 0.2) is 0 Å². The van der Waals surface area contributed by atoms with E-state index in [1.54, 1.807) is 30.5 Å². The van der Waals surface area contributed by atoms with Crippen molar-refractivity contribution in [1.82, 2.24) is 4.98 Å². The van der Waals surface area contributed by atoms with Gasteiger partial charge in [0.05, 0.1) is 23.5 Å². The van der Waals surface area contributed by atoms with Gasteiger partial charge in [-0.3, -0.25) is 4.79 Å². The topological polar surface area (TPSA) is 75.0 Å². The molecule has 1 heterocycles.